The van der Waals surface area contributed by atoms with Gasteiger partial charge in [-0.3, -0.25) is 0 Å². The third-order valence-corrected chi connectivity index (χ3v) is 3.79. The van der Waals surface area contributed by atoms with Crippen molar-refractivity contribution in [1.82, 2.24) is 0 Å². The first-order valence-corrected chi connectivity index (χ1v) is 6.68. The molecule has 16 heavy (non-hydrogen) atoms. The number of halogens is 1. The quantitative estimate of drug-likeness (QED) is 0.669. The van der Waals surface area contributed by atoms with Crippen LogP contribution in [0.1, 0.15) is 12.8 Å². The van der Waals surface area contributed by atoms with Crippen molar-refractivity contribution >= 4 is 15.9 Å². The van der Waals surface area contributed by atoms with E-state index in [0.29, 0.717) is 13.2 Å². The summed E-state index contributed by atoms with van der Waals surface area (Å²) >= 11 is 3.54. The Hall–Kier alpha value is 0.320. The van der Waals surface area contributed by atoms with Crippen LogP contribution in [-0.4, -0.2) is 57.7 Å². The minimum atomic E-state index is -0.125. The molecule has 0 bridgehead atoms. The summed E-state index contributed by atoms with van der Waals surface area (Å²) in [6, 6.07) is 0. The van der Waals surface area contributed by atoms with Gasteiger partial charge in [0.25, 0.3) is 0 Å². The molecule has 5 heteroatoms. The van der Waals surface area contributed by atoms with Crippen molar-refractivity contribution in [2.75, 3.05) is 46.0 Å². The van der Waals surface area contributed by atoms with Crippen LogP contribution in [-0.2, 0) is 18.9 Å². The van der Waals surface area contributed by atoms with Crippen molar-refractivity contribution in [2.24, 2.45) is 0 Å². The van der Waals surface area contributed by atoms with E-state index in [0.717, 1.165) is 31.4 Å². The average molecular weight is 297 g/mol. The van der Waals surface area contributed by atoms with Crippen LogP contribution >= 0.6 is 15.9 Å². The zero-order chi connectivity index (χ0) is 11.9. The fourth-order valence-electron chi connectivity index (χ4n) is 1.87. The first-order valence-electron chi connectivity index (χ1n) is 5.56. The molecule has 0 aromatic rings. The van der Waals surface area contributed by atoms with Crippen molar-refractivity contribution in [3.63, 3.8) is 0 Å². The lowest BCUT2D eigenvalue weighted by Crippen LogP contribution is -2.45. The Balaban J connectivity index is 2.50. The van der Waals surface area contributed by atoms with E-state index in [2.05, 4.69) is 15.9 Å². The Morgan fingerprint density at radius 1 is 1.19 bits per heavy atom. The second-order valence-corrected chi connectivity index (χ2v) is 4.64. The molecule has 1 saturated heterocycles. The van der Waals surface area contributed by atoms with Crippen LogP contribution < -0.4 is 0 Å². The van der Waals surface area contributed by atoms with E-state index >= 15 is 0 Å². The van der Waals surface area contributed by atoms with Gasteiger partial charge in [-0.1, -0.05) is 15.9 Å². The normalized spacial score (nSPS) is 20.2. The monoisotopic (exact) mass is 296 g/mol. The van der Waals surface area contributed by atoms with Crippen molar-refractivity contribution < 1.29 is 18.9 Å². The minimum Gasteiger partial charge on any atom is -0.382 e. The lowest BCUT2D eigenvalue weighted by molar-refractivity contribution is -0.156. The van der Waals surface area contributed by atoms with Gasteiger partial charge in [0.1, 0.15) is 6.10 Å². The molecule has 0 aromatic carbocycles. The summed E-state index contributed by atoms with van der Waals surface area (Å²) < 4.78 is 21.8. The van der Waals surface area contributed by atoms with E-state index < -0.39 is 0 Å². The van der Waals surface area contributed by atoms with Gasteiger partial charge in [0.05, 0.1) is 18.8 Å². The van der Waals surface area contributed by atoms with Gasteiger partial charge in [-0.05, 0) is 0 Å². The summed E-state index contributed by atoms with van der Waals surface area (Å²) in [5, 5.41) is 0.827. The molecule has 0 aliphatic carbocycles. The largest absolute Gasteiger partial charge is 0.382 e. The Bertz CT molecular complexity index is 177. The molecule has 0 aromatic heterocycles. The van der Waals surface area contributed by atoms with Crippen LogP contribution in [0.4, 0.5) is 0 Å². The summed E-state index contributed by atoms with van der Waals surface area (Å²) in [4.78, 5) is 0. The molecule has 0 radical (unpaired) electrons. The first-order chi connectivity index (χ1) is 7.76. The fourth-order valence-corrected chi connectivity index (χ4v) is 2.56. The van der Waals surface area contributed by atoms with Crippen LogP contribution in [0.25, 0.3) is 0 Å². The maximum Gasteiger partial charge on any atom is 0.105 e. The van der Waals surface area contributed by atoms with E-state index in [9.17, 15) is 0 Å². The predicted octanol–water partition coefficient (Wildman–Crippen LogP) is 1.61. The standard InChI is InChI=1S/C11H21BrO4/c1-13-7-10(8-14-2)16-11(9-12)3-5-15-6-4-11/h10H,3-9H2,1-2H3. The molecule has 0 spiro atoms. The Morgan fingerprint density at radius 2 is 1.75 bits per heavy atom. The zero-order valence-electron chi connectivity index (χ0n) is 10.0. The molecular weight excluding hydrogens is 276 g/mol. The van der Waals surface area contributed by atoms with Crippen molar-refractivity contribution in [2.45, 2.75) is 24.5 Å². The lowest BCUT2D eigenvalue weighted by atomic mass is 9.96. The van der Waals surface area contributed by atoms with Crippen LogP contribution in [0.2, 0.25) is 0 Å². The van der Waals surface area contributed by atoms with Gasteiger partial charge in [-0.2, -0.15) is 0 Å². The summed E-state index contributed by atoms with van der Waals surface area (Å²) in [6.07, 6.45) is 1.83. The maximum absolute atomic E-state index is 6.13. The van der Waals surface area contributed by atoms with E-state index in [1.54, 1.807) is 14.2 Å². The van der Waals surface area contributed by atoms with Crippen LogP contribution in [0.5, 0.6) is 0 Å². The molecule has 96 valence electrons. The molecular formula is C11H21BrO4. The smallest absolute Gasteiger partial charge is 0.105 e. The van der Waals surface area contributed by atoms with Gasteiger partial charge in [0.2, 0.25) is 0 Å². The summed E-state index contributed by atoms with van der Waals surface area (Å²) in [5.41, 5.74) is -0.125. The van der Waals surface area contributed by atoms with Crippen LogP contribution in [0, 0.1) is 0 Å². The number of alkyl halides is 1. The van der Waals surface area contributed by atoms with Crippen LogP contribution in [0.3, 0.4) is 0 Å². The lowest BCUT2D eigenvalue weighted by Gasteiger charge is -2.38. The van der Waals surface area contributed by atoms with Gasteiger partial charge in [0.15, 0.2) is 0 Å². The molecule has 1 aliphatic heterocycles. The van der Waals surface area contributed by atoms with Crippen LogP contribution in [0.15, 0.2) is 0 Å². The van der Waals surface area contributed by atoms with E-state index in [1.165, 1.54) is 0 Å². The molecule has 1 heterocycles. The van der Waals surface area contributed by atoms with Crippen molar-refractivity contribution in [1.29, 1.82) is 0 Å². The Morgan fingerprint density at radius 3 is 2.19 bits per heavy atom. The fraction of sp³-hybridized carbons (Fsp3) is 1.00. The maximum atomic E-state index is 6.13. The number of rotatable bonds is 7. The average Bonchev–Trinajstić information content (AvgIpc) is 2.31. The molecule has 0 N–H and O–H groups in total. The molecule has 0 saturated carbocycles. The SMILES string of the molecule is COCC(COC)OC1(CBr)CCOCC1. The van der Waals surface area contributed by atoms with Gasteiger partial charge >= 0.3 is 0 Å². The highest BCUT2D eigenvalue weighted by atomic mass is 79.9. The first kappa shape index (κ1) is 14.4. The Kier molecular flexibility index (Phi) is 6.84. The highest BCUT2D eigenvalue weighted by molar-refractivity contribution is 9.09. The van der Waals surface area contributed by atoms with E-state index in [1.807, 2.05) is 0 Å². The van der Waals surface area contributed by atoms with E-state index in [4.69, 9.17) is 18.9 Å². The van der Waals surface area contributed by atoms with Crippen molar-refractivity contribution in [3.8, 4) is 0 Å². The van der Waals surface area contributed by atoms with Gasteiger partial charge < -0.3 is 18.9 Å². The molecule has 1 rings (SSSR count). The molecule has 0 atom stereocenters. The van der Waals surface area contributed by atoms with Gasteiger partial charge in [0, 0.05) is 45.6 Å². The third kappa shape index (κ3) is 4.30. The number of hydrogen-bond donors (Lipinski definition) is 0. The second kappa shape index (κ2) is 7.61. The number of hydrogen-bond acceptors (Lipinski definition) is 4. The third-order valence-electron chi connectivity index (χ3n) is 2.77. The molecule has 0 unspecified atom stereocenters. The molecule has 0 amide bonds. The molecule has 4 nitrogen and oxygen atoms in total. The highest BCUT2D eigenvalue weighted by Crippen LogP contribution is 2.28. The van der Waals surface area contributed by atoms with E-state index in [-0.39, 0.29) is 11.7 Å². The minimum absolute atomic E-state index is 0.00866. The molecule has 1 fully saturated rings. The Labute approximate surface area is 106 Å². The zero-order valence-corrected chi connectivity index (χ0v) is 11.6. The topological polar surface area (TPSA) is 36.9 Å². The second-order valence-electron chi connectivity index (χ2n) is 4.08. The summed E-state index contributed by atoms with van der Waals surface area (Å²) in [6.45, 7) is 2.64. The highest BCUT2D eigenvalue weighted by Gasteiger charge is 2.35. The van der Waals surface area contributed by atoms with Crippen molar-refractivity contribution in [3.05, 3.63) is 0 Å². The summed E-state index contributed by atoms with van der Waals surface area (Å²) in [5.74, 6) is 0. The number of methoxy groups -OCH3 is 2. The predicted molar refractivity (Wildman–Crippen MR) is 65.2 cm³/mol. The molecule has 1 aliphatic rings. The van der Waals surface area contributed by atoms with Gasteiger partial charge in [-0.25, -0.2) is 0 Å². The summed E-state index contributed by atoms with van der Waals surface area (Å²) in [7, 11) is 3.35. The number of ether oxygens (including phenoxy) is 4. The van der Waals surface area contributed by atoms with Gasteiger partial charge in [-0.15, -0.1) is 0 Å².